The lowest BCUT2D eigenvalue weighted by Gasteiger charge is -2.07. The van der Waals surface area contributed by atoms with Crippen LogP contribution in [0.2, 0.25) is 5.02 Å². The molecule has 0 atom stereocenters. The number of rotatable bonds is 3. The van der Waals surface area contributed by atoms with E-state index in [-0.39, 0.29) is 16.1 Å². The molecule has 1 aromatic rings. The van der Waals surface area contributed by atoms with Crippen LogP contribution in [0.15, 0.2) is 12.1 Å². The third-order valence-electron chi connectivity index (χ3n) is 2.19. The number of aryl methyl sites for hydroxylation is 1. The normalized spacial score (nSPS) is 11.4. The SMILES string of the molecule is Cc1cc(C(=O)CC(=O)C(F)(F)F)c(Cl)cc1F. The molecule has 0 saturated carbocycles. The standard InChI is InChI=1S/C11H7ClF4O2/c1-5-2-6(7(12)3-8(5)13)9(17)4-10(18)11(14,15)16/h2-3H,4H2,1H3. The number of hydrogen-bond acceptors (Lipinski definition) is 2. The van der Waals surface area contributed by atoms with Crippen LogP contribution in [0.5, 0.6) is 0 Å². The molecule has 0 aliphatic heterocycles. The van der Waals surface area contributed by atoms with Crippen molar-refractivity contribution in [2.75, 3.05) is 0 Å². The highest BCUT2D eigenvalue weighted by Gasteiger charge is 2.39. The summed E-state index contributed by atoms with van der Waals surface area (Å²) in [5.41, 5.74) is -0.240. The fourth-order valence-corrected chi connectivity index (χ4v) is 1.47. The van der Waals surface area contributed by atoms with Crippen LogP contribution in [-0.2, 0) is 4.79 Å². The zero-order valence-corrected chi connectivity index (χ0v) is 9.82. The Labute approximate surface area is 105 Å². The smallest absolute Gasteiger partial charge is 0.294 e. The van der Waals surface area contributed by atoms with Crippen LogP contribution in [0.4, 0.5) is 17.6 Å². The van der Waals surface area contributed by atoms with Crippen LogP contribution in [0.1, 0.15) is 22.3 Å². The summed E-state index contributed by atoms with van der Waals surface area (Å²) in [7, 11) is 0. The second kappa shape index (κ2) is 5.06. The van der Waals surface area contributed by atoms with Crippen LogP contribution < -0.4 is 0 Å². The summed E-state index contributed by atoms with van der Waals surface area (Å²) in [5, 5.41) is -0.321. The van der Waals surface area contributed by atoms with E-state index in [2.05, 4.69) is 0 Å². The molecule has 0 aromatic heterocycles. The van der Waals surface area contributed by atoms with Gasteiger partial charge in [0.1, 0.15) is 5.82 Å². The highest BCUT2D eigenvalue weighted by atomic mass is 35.5. The number of benzene rings is 1. The first-order chi connectivity index (χ1) is 8.12. The van der Waals surface area contributed by atoms with E-state index >= 15 is 0 Å². The second-order valence-corrected chi connectivity index (χ2v) is 4.01. The predicted octanol–water partition coefficient (Wildman–Crippen LogP) is 3.49. The van der Waals surface area contributed by atoms with Crippen molar-refractivity contribution in [1.82, 2.24) is 0 Å². The number of alkyl halides is 3. The zero-order valence-electron chi connectivity index (χ0n) is 9.07. The fourth-order valence-electron chi connectivity index (χ4n) is 1.21. The van der Waals surface area contributed by atoms with Gasteiger partial charge in [0.05, 0.1) is 11.4 Å². The lowest BCUT2D eigenvalue weighted by Crippen LogP contribution is -2.25. The molecule has 0 fully saturated rings. The average Bonchev–Trinajstić information content (AvgIpc) is 2.21. The highest BCUT2D eigenvalue weighted by Crippen LogP contribution is 2.24. The first-order valence-electron chi connectivity index (χ1n) is 4.71. The summed E-state index contributed by atoms with van der Waals surface area (Å²) in [6.07, 6.45) is -6.41. The van der Waals surface area contributed by atoms with E-state index in [9.17, 15) is 27.2 Å². The molecule has 0 aliphatic carbocycles. The Morgan fingerprint density at radius 3 is 2.33 bits per heavy atom. The van der Waals surface area contributed by atoms with E-state index < -0.39 is 30.0 Å². The highest BCUT2D eigenvalue weighted by molar-refractivity contribution is 6.34. The van der Waals surface area contributed by atoms with Crippen molar-refractivity contribution >= 4 is 23.2 Å². The summed E-state index contributed by atoms with van der Waals surface area (Å²) < 4.78 is 49.0. The first-order valence-corrected chi connectivity index (χ1v) is 5.09. The van der Waals surface area contributed by atoms with E-state index in [1.54, 1.807) is 0 Å². The third kappa shape index (κ3) is 3.29. The minimum absolute atomic E-state index is 0.0576. The lowest BCUT2D eigenvalue weighted by molar-refractivity contribution is -0.170. The van der Waals surface area contributed by atoms with Gasteiger partial charge in [-0.1, -0.05) is 11.6 Å². The Morgan fingerprint density at radius 1 is 1.28 bits per heavy atom. The maximum atomic E-state index is 13.0. The van der Waals surface area contributed by atoms with Gasteiger partial charge < -0.3 is 0 Å². The molecule has 0 aliphatic rings. The molecule has 0 unspecified atom stereocenters. The number of hydrogen-bond donors (Lipinski definition) is 0. The number of carbonyl (C=O) groups excluding carboxylic acids is 2. The number of carbonyl (C=O) groups is 2. The van der Waals surface area contributed by atoms with Crippen molar-refractivity contribution in [3.05, 3.63) is 34.1 Å². The third-order valence-corrected chi connectivity index (χ3v) is 2.50. The predicted molar refractivity (Wildman–Crippen MR) is 56.2 cm³/mol. The summed E-state index contributed by atoms with van der Waals surface area (Å²) in [6.45, 7) is 1.33. The van der Waals surface area contributed by atoms with Crippen molar-refractivity contribution in [2.45, 2.75) is 19.5 Å². The van der Waals surface area contributed by atoms with Gasteiger partial charge in [-0.3, -0.25) is 9.59 Å². The van der Waals surface area contributed by atoms with Gasteiger partial charge in [-0.15, -0.1) is 0 Å². The molecule has 2 nitrogen and oxygen atoms in total. The zero-order chi connectivity index (χ0) is 14.1. The minimum Gasteiger partial charge on any atom is -0.294 e. The molecule has 98 valence electrons. The fraction of sp³-hybridized carbons (Fsp3) is 0.273. The van der Waals surface area contributed by atoms with Gasteiger partial charge in [0.2, 0.25) is 5.78 Å². The van der Waals surface area contributed by atoms with Gasteiger partial charge >= 0.3 is 6.18 Å². The van der Waals surface area contributed by atoms with Crippen molar-refractivity contribution in [3.63, 3.8) is 0 Å². The van der Waals surface area contributed by atoms with Gasteiger partial charge in [-0.05, 0) is 24.6 Å². The molecular weight excluding hydrogens is 276 g/mol. The summed E-state index contributed by atoms with van der Waals surface area (Å²) in [6, 6.07) is 1.84. The first kappa shape index (κ1) is 14.6. The Kier molecular flexibility index (Phi) is 4.11. The molecule has 1 rings (SSSR count). The Bertz CT molecular complexity index is 509. The maximum Gasteiger partial charge on any atom is 0.450 e. The van der Waals surface area contributed by atoms with E-state index in [1.165, 1.54) is 6.92 Å². The Balaban J connectivity index is 2.99. The van der Waals surface area contributed by atoms with Crippen LogP contribution in [0.25, 0.3) is 0 Å². The van der Waals surface area contributed by atoms with Crippen LogP contribution >= 0.6 is 11.6 Å². The number of halogens is 5. The van der Waals surface area contributed by atoms with Crippen LogP contribution in [-0.4, -0.2) is 17.7 Å². The molecule has 1 aromatic carbocycles. The van der Waals surface area contributed by atoms with Gasteiger partial charge in [0.15, 0.2) is 5.78 Å². The van der Waals surface area contributed by atoms with Crippen molar-refractivity contribution < 1.29 is 27.2 Å². The molecule has 0 spiro atoms. The molecule has 0 amide bonds. The van der Waals surface area contributed by atoms with Crippen molar-refractivity contribution in [2.24, 2.45) is 0 Å². The Hall–Kier alpha value is -1.43. The van der Waals surface area contributed by atoms with Crippen molar-refractivity contribution in [3.8, 4) is 0 Å². The Morgan fingerprint density at radius 2 is 1.83 bits per heavy atom. The van der Waals surface area contributed by atoms with E-state index in [0.29, 0.717) is 0 Å². The van der Waals surface area contributed by atoms with Gasteiger partial charge in [-0.25, -0.2) is 4.39 Å². The second-order valence-electron chi connectivity index (χ2n) is 3.60. The molecule has 0 radical (unpaired) electrons. The van der Waals surface area contributed by atoms with Gasteiger partial charge in [0.25, 0.3) is 0 Å². The van der Waals surface area contributed by atoms with E-state index in [1.807, 2.05) is 0 Å². The number of ketones is 2. The molecule has 0 N–H and O–H groups in total. The van der Waals surface area contributed by atoms with Gasteiger partial charge in [-0.2, -0.15) is 13.2 Å². The molecule has 0 saturated heterocycles. The van der Waals surface area contributed by atoms with E-state index in [0.717, 1.165) is 12.1 Å². The quantitative estimate of drug-likeness (QED) is 0.483. The topological polar surface area (TPSA) is 34.1 Å². The molecule has 0 bridgehead atoms. The van der Waals surface area contributed by atoms with Crippen LogP contribution in [0, 0.1) is 12.7 Å². The largest absolute Gasteiger partial charge is 0.450 e. The van der Waals surface area contributed by atoms with E-state index in [4.69, 9.17) is 11.6 Å². The molecule has 0 heterocycles. The lowest BCUT2D eigenvalue weighted by atomic mass is 10.0. The number of Topliss-reactive ketones (excluding diaryl/α,β-unsaturated/α-hetero) is 2. The average molecular weight is 283 g/mol. The van der Waals surface area contributed by atoms with Gasteiger partial charge in [0, 0.05) is 5.56 Å². The maximum absolute atomic E-state index is 13.0. The van der Waals surface area contributed by atoms with Crippen molar-refractivity contribution in [1.29, 1.82) is 0 Å². The summed E-state index contributed by atoms with van der Waals surface area (Å²) in [4.78, 5) is 22.1. The molecule has 18 heavy (non-hydrogen) atoms. The molecular formula is C11H7ClF4O2. The molecule has 7 heteroatoms. The van der Waals surface area contributed by atoms with Crippen LogP contribution in [0.3, 0.4) is 0 Å². The summed E-state index contributed by atoms with van der Waals surface area (Å²) in [5.74, 6) is -3.94. The summed E-state index contributed by atoms with van der Waals surface area (Å²) >= 11 is 5.54. The minimum atomic E-state index is -5.07. The monoisotopic (exact) mass is 282 g/mol.